The Kier molecular flexibility index (Phi) is 11.4. The Labute approximate surface area is 272 Å². The molecule has 0 aliphatic carbocycles. The number of nitrogens with zero attached hydrogens (tertiary/aromatic N) is 2. The number of halogens is 1. The monoisotopic (exact) mass is 643 g/mol. The van der Waals surface area contributed by atoms with Crippen LogP contribution in [0.25, 0.3) is 0 Å². The molecule has 46 heavy (non-hydrogen) atoms. The maximum absolute atomic E-state index is 14.5. The van der Waals surface area contributed by atoms with Gasteiger partial charge in [-0.25, -0.2) is 12.8 Å². The highest BCUT2D eigenvalue weighted by atomic mass is 32.2. The van der Waals surface area contributed by atoms with Gasteiger partial charge in [-0.2, -0.15) is 0 Å². The number of sulfonamides is 1. The summed E-state index contributed by atoms with van der Waals surface area (Å²) in [6, 6.07) is 25.7. The third-order valence-electron chi connectivity index (χ3n) is 8.20. The summed E-state index contributed by atoms with van der Waals surface area (Å²) in [7, 11) is -4.20. The average Bonchev–Trinajstić information content (AvgIpc) is 3.04. The molecular formula is C37H42FN3O4S. The Morgan fingerprint density at radius 3 is 2.09 bits per heavy atom. The average molecular weight is 644 g/mol. The van der Waals surface area contributed by atoms with Gasteiger partial charge in [0.2, 0.25) is 11.8 Å². The number of anilines is 1. The molecule has 4 aromatic rings. The fraction of sp³-hybridized carbons (Fsp3) is 0.297. The van der Waals surface area contributed by atoms with Crippen LogP contribution in [0.4, 0.5) is 10.1 Å². The van der Waals surface area contributed by atoms with E-state index in [-0.39, 0.29) is 29.8 Å². The molecule has 0 aromatic heterocycles. The second-order valence-corrected chi connectivity index (χ2v) is 13.6. The summed E-state index contributed by atoms with van der Waals surface area (Å²) in [6.45, 7) is 8.93. The number of rotatable bonds is 13. The van der Waals surface area contributed by atoms with E-state index < -0.39 is 34.3 Å². The molecule has 0 spiro atoms. The minimum absolute atomic E-state index is 0.0319. The molecular weight excluding hydrogens is 601 g/mol. The van der Waals surface area contributed by atoms with Crippen LogP contribution in [0.2, 0.25) is 0 Å². The summed E-state index contributed by atoms with van der Waals surface area (Å²) in [5.41, 5.74) is 4.51. The molecule has 1 N–H and O–H groups in total. The van der Waals surface area contributed by atoms with Crippen molar-refractivity contribution in [1.82, 2.24) is 10.2 Å². The van der Waals surface area contributed by atoms with Gasteiger partial charge in [-0.05, 0) is 92.8 Å². The molecule has 0 fully saturated rings. The zero-order valence-corrected chi connectivity index (χ0v) is 27.9. The van der Waals surface area contributed by atoms with E-state index in [2.05, 4.69) is 5.32 Å². The van der Waals surface area contributed by atoms with Crippen molar-refractivity contribution >= 4 is 27.5 Å². The van der Waals surface area contributed by atoms with E-state index in [1.54, 1.807) is 36.4 Å². The molecule has 0 heterocycles. The summed E-state index contributed by atoms with van der Waals surface area (Å²) in [5, 5.41) is 3.02. The first kappa shape index (κ1) is 34.4. The first-order valence-electron chi connectivity index (χ1n) is 15.4. The third kappa shape index (κ3) is 8.60. The summed E-state index contributed by atoms with van der Waals surface area (Å²) in [4.78, 5) is 29.9. The van der Waals surface area contributed by atoms with Crippen LogP contribution in [0.3, 0.4) is 0 Å². The van der Waals surface area contributed by atoms with E-state index >= 15 is 0 Å². The number of nitrogens with one attached hydrogen (secondary N) is 1. The van der Waals surface area contributed by atoms with Crippen LogP contribution in [0.1, 0.15) is 48.1 Å². The van der Waals surface area contributed by atoms with Crippen molar-refractivity contribution in [3.63, 3.8) is 0 Å². The second-order valence-electron chi connectivity index (χ2n) is 11.8. The largest absolute Gasteiger partial charge is 0.352 e. The topological polar surface area (TPSA) is 86.8 Å². The van der Waals surface area contributed by atoms with Gasteiger partial charge in [-0.3, -0.25) is 13.9 Å². The van der Waals surface area contributed by atoms with Gasteiger partial charge < -0.3 is 10.2 Å². The Morgan fingerprint density at radius 2 is 1.48 bits per heavy atom. The fourth-order valence-electron chi connectivity index (χ4n) is 5.03. The van der Waals surface area contributed by atoms with E-state index in [1.165, 1.54) is 29.2 Å². The maximum Gasteiger partial charge on any atom is 0.264 e. The summed E-state index contributed by atoms with van der Waals surface area (Å²) >= 11 is 0. The third-order valence-corrected chi connectivity index (χ3v) is 9.99. The number of aryl methyl sites for hydroxylation is 3. The maximum atomic E-state index is 14.5. The molecule has 0 radical (unpaired) electrons. The van der Waals surface area contributed by atoms with Crippen molar-refractivity contribution in [2.75, 3.05) is 10.8 Å². The number of benzene rings is 4. The molecule has 4 rings (SSSR count). The molecule has 0 aliphatic rings. The van der Waals surface area contributed by atoms with Crippen LogP contribution in [-0.2, 0) is 32.6 Å². The molecule has 2 amide bonds. The van der Waals surface area contributed by atoms with Crippen molar-refractivity contribution in [3.8, 4) is 0 Å². The van der Waals surface area contributed by atoms with E-state index in [9.17, 15) is 22.4 Å². The zero-order valence-electron chi connectivity index (χ0n) is 27.0. The van der Waals surface area contributed by atoms with Crippen molar-refractivity contribution in [2.24, 2.45) is 0 Å². The van der Waals surface area contributed by atoms with Gasteiger partial charge >= 0.3 is 0 Å². The van der Waals surface area contributed by atoms with E-state index in [4.69, 9.17) is 0 Å². The van der Waals surface area contributed by atoms with Gasteiger partial charge in [-0.1, -0.05) is 73.2 Å². The number of hydrogen-bond donors (Lipinski definition) is 1. The molecule has 0 bridgehead atoms. The van der Waals surface area contributed by atoms with Crippen LogP contribution >= 0.6 is 0 Å². The fourth-order valence-corrected chi connectivity index (χ4v) is 6.43. The number of carbonyl (C=O) groups is 2. The lowest BCUT2D eigenvalue weighted by atomic mass is 10.0. The standard InChI is InChI=1S/C37H42FN3O4S/c1-6-29(5)39-37(43)35(23-30-10-8-7-9-11-30)40(24-31-15-17-32(38)18-16-31)36(42)25-41(33-19-14-27(3)28(4)22-33)46(44,45)34-20-12-26(2)13-21-34/h7-22,29,35H,6,23-25H2,1-5H3,(H,39,43)/t29-,35-/m0/s1. The SMILES string of the molecule is CC[C@H](C)NC(=O)[C@H](Cc1ccccc1)N(Cc1ccc(F)cc1)C(=O)CN(c1ccc(C)c(C)c1)S(=O)(=O)c1ccc(C)cc1. The first-order chi connectivity index (χ1) is 21.9. The van der Waals surface area contributed by atoms with Crippen molar-refractivity contribution in [1.29, 1.82) is 0 Å². The minimum Gasteiger partial charge on any atom is -0.352 e. The zero-order chi connectivity index (χ0) is 33.4. The van der Waals surface area contributed by atoms with Crippen LogP contribution < -0.4 is 9.62 Å². The highest BCUT2D eigenvalue weighted by Crippen LogP contribution is 2.27. The van der Waals surface area contributed by atoms with Crippen molar-refractivity contribution in [3.05, 3.63) is 131 Å². The van der Waals surface area contributed by atoms with E-state index in [1.807, 2.05) is 71.0 Å². The van der Waals surface area contributed by atoms with E-state index in [0.717, 1.165) is 26.6 Å². The summed E-state index contributed by atoms with van der Waals surface area (Å²) in [6.07, 6.45) is 0.884. The van der Waals surface area contributed by atoms with Gasteiger partial charge in [-0.15, -0.1) is 0 Å². The minimum atomic E-state index is -4.20. The molecule has 2 atom stereocenters. The van der Waals surface area contributed by atoms with Crippen molar-refractivity contribution < 1.29 is 22.4 Å². The Bertz CT molecular complexity index is 1740. The highest BCUT2D eigenvalue weighted by molar-refractivity contribution is 7.92. The van der Waals surface area contributed by atoms with Gasteiger partial charge in [0.15, 0.2) is 0 Å². The number of hydrogen-bond acceptors (Lipinski definition) is 4. The quantitative estimate of drug-likeness (QED) is 0.180. The molecule has 4 aromatic carbocycles. The molecule has 0 saturated carbocycles. The molecule has 0 unspecified atom stereocenters. The second kappa shape index (κ2) is 15.2. The molecule has 0 saturated heterocycles. The Hall–Kier alpha value is -4.50. The summed E-state index contributed by atoms with van der Waals surface area (Å²) < 4.78 is 43.4. The van der Waals surface area contributed by atoms with Crippen LogP contribution in [0.5, 0.6) is 0 Å². The lowest BCUT2D eigenvalue weighted by molar-refractivity contribution is -0.140. The van der Waals surface area contributed by atoms with Gasteiger partial charge in [0, 0.05) is 19.0 Å². The molecule has 9 heteroatoms. The predicted molar refractivity (Wildman–Crippen MR) is 180 cm³/mol. The first-order valence-corrected chi connectivity index (χ1v) is 16.9. The summed E-state index contributed by atoms with van der Waals surface area (Å²) in [5.74, 6) is -1.35. The van der Waals surface area contributed by atoms with Crippen LogP contribution in [0.15, 0.2) is 102 Å². The Morgan fingerprint density at radius 1 is 0.826 bits per heavy atom. The van der Waals surface area contributed by atoms with E-state index in [0.29, 0.717) is 17.7 Å². The molecule has 242 valence electrons. The normalized spacial score (nSPS) is 12.7. The van der Waals surface area contributed by atoms with Gasteiger partial charge in [0.25, 0.3) is 10.0 Å². The molecule has 0 aliphatic heterocycles. The highest BCUT2D eigenvalue weighted by Gasteiger charge is 2.35. The lowest BCUT2D eigenvalue weighted by Gasteiger charge is -2.34. The predicted octanol–water partition coefficient (Wildman–Crippen LogP) is 6.50. The van der Waals surface area contributed by atoms with Gasteiger partial charge in [0.05, 0.1) is 10.6 Å². The lowest BCUT2D eigenvalue weighted by Crippen LogP contribution is -2.54. The van der Waals surface area contributed by atoms with Crippen LogP contribution in [-0.4, -0.2) is 43.8 Å². The number of carbonyl (C=O) groups excluding carboxylic acids is 2. The number of amides is 2. The molecule has 7 nitrogen and oxygen atoms in total. The van der Waals surface area contributed by atoms with Crippen LogP contribution in [0, 0.1) is 26.6 Å². The van der Waals surface area contributed by atoms with Gasteiger partial charge in [0.1, 0.15) is 18.4 Å². The van der Waals surface area contributed by atoms with Crippen molar-refractivity contribution in [2.45, 2.75) is 71.0 Å². The smallest absolute Gasteiger partial charge is 0.264 e. The Balaban J connectivity index is 1.82.